The first-order valence-electron chi connectivity index (χ1n) is 7.59. The van der Waals surface area contributed by atoms with E-state index in [1.165, 1.54) is 6.92 Å². The van der Waals surface area contributed by atoms with E-state index in [0.717, 1.165) is 19.3 Å². The highest BCUT2D eigenvalue weighted by atomic mass is 32.2. The summed E-state index contributed by atoms with van der Waals surface area (Å²) in [6.07, 6.45) is 3.81. The van der Waals surface area contributed by atoms with Crippen molar-refractivity contribution in [2.45, 2.75) is 52.0 Å². The molecule has 6 nitrogen and oxygen atoms in total. The Morgan fingerprint density at radius 2 is 1.95 bits per heavy atom. The number of amides is 2. The number of hydrogen-bond donors (Lipinski definition) is 1. The van der Waals surface area contributed by atoms with Gasteiger partial charge in [0, 0.05) is 32.5 Å². The Labute approximate surface area is 127 Å². The van der Waals surface area contributed by atoms with Gasteiger partial charge in [-0.25, -0.2) is 8.42 Å². The smallest absolute Gasteiger partial charge is 0.222 e. The molecule has 1 N–H and O–H groups in total. The van der Waals surface area contributed by atoms with Crippen LogP contribution in [0, 0.1) is 0 Å². The number of unbranched alkanes of at least 4 members (excludes halogenated alkanes) is 2. The molecule has 1 atom stereocenters. The molecule has 0 aromatic heterocycles. The lowest BCUT2D eigenvalue weighted by atomic mass is 10.2. The zero-order valence-electron chi connectivity index (χ0n) is 12.9. The molecule has 122 valence electrons. The summed E-state index contributed by atoms with van der Waals surface area (Å²) in [5, 5.41) is 2.74. The molecule has 0 saturated carbocycles. The molecular formula is C14H26N2O4S. The Morgan fingerprint density at radius 3 is 2.48 bits per heavy atom. The quantitative estimate of drug-likeness (QED) is 0.668. The van der Waals surface area contributed by atoms with Gasteiger partial charge in [-0.15, -0.1) is 0 Å². The average molecular weight is 318 g/mol. The third-order valence-electron chi connectivity index (χ3n) is 3.68. The number of nitrogens with zero attached hydrogens (tertiary/aromatic N) is 1. The van der Waals surface area contributed by atoms with E-state index in [1.54, 1.807) is 4.90 Å². The third kappa shape index (κ3) is 6.93. The van der Waals surface area contributed by atoms with Gasteiger partial charge in [-0.2, -0.15) is 0 Å². The minimum atomic E-state index is -2.98. The van der Waals surface area contributed by atoms with Crippen molar-refractivity contribution in [2.75, 3.05) is 24.6 Å². The minimum Gasteiger partial charge on any atom is -0.352 e. The van der Waals surface area contributed by atoms with E-state index in [9.17, 15) is 18.0 Å². The second-order valence-electron chi connectivity index (χ2n) is 5.63. The Balaban J connectivity index is 2.31. The normalized spacial score (nSPS) is 20.2. The van der Waals surface area contributed by atoms with Crippen LogP contribution in [0.4, 0.5) is 0 Å². The van der Waals surface area contributed by atoms with Crippen LogP contribution < -0.4 is 5.32 Å². The molecular weight excluding hydrogens is 292 g/mol. The Bertz CT molecular complexity index is 462. The second kappa shape index (κ2) is 8.36. The molecule has 7 heteroatoms. The molecule has 1 rings (SSSR count). The molecule has 0 aromatic rings. The first-order chi connectivity index (χ1) is 9.84. The van der Waals surface area contributed by atoms with Gasteiger partial charge in [-0.1, -0.05) is 19.8 Å². The van der Waals surface area contributed by atoms with E-state index in [1.807, 2.05) is 0 Å². The maximum absolute atomic E-state index is 11.8. The lowest BCUT2D eigenvalue weighted by Gasteiger charge is -2.21. The van der Waals surface area contributed by atoms with Crippen molar-refractivity contribution >= 4 is 21.7 Å². The van der Waals surface area contributed by atoms with Gasteiger partial charge in [-0.3, -0.25) is 9.59 Å². The summed E-state index contributed by atoms with van der Waals surface area (Å²) in [6, 6.07) is -0.270. The molecule has 1 fully saturated rings. The number of nitrogens with one attached hydrogen (secondary N) is 1. The summed E-state index contributed by atoms with van der Waals surface area (Å²) < 4.78 is 22.6. The van der Waals surface area contributed by atoms with E-state index >= 15 is 0 Å². The fraction of sp³-hybridized carbons (Fsp3) is 0.857. The van der Waals surface area contributed by atoms with Crippen molar-refractivity contribution < 1.29 is 18.0 Å². The van der Waals surface area contributed by atoms with Crippen LogP contribution in [0.3, 0.4) is 0 Å². The molecule has 0 aliphatic carbocycles. The van der Waals surface area contributed by atoms with Crippen LogP contribution in [-0.2, 0) is 19.4 Å². The van der Waals surface area contributed by atoms with Gasteiger partial charge in [0.1, 0.15) is 0 Å². The van der Waals surface area contributed by atoms with E-state index < -0.39 is 9.84 Å². The van der Waals surface area contributed by atoms with Crippen molar-refractivity contribution in [3.63, 3.8) is 0 Å². The summed E-state index contributed by atoms with van der Waals surface area (Å²) in [5.74, 6) is -0.0265. The monoisotopic (exact) mass is 318 g/mol. The van der Waals surface area contributed by atoms with Crippen LogP contribution in [0.25, 0.3) is 0 Å². The molecule has 1 heterocycles. The maximum Gasteiger partial charge on any atom is 0.222 e. The molecule has 0 spiro atoms. The predicted octanol–water partition coefficient (Wildman–Crippen LogP) is 0.719. The van der Waals surface area contributed by atoms with Gasteiger partial charge in [-0.05, 0) is 12.8 Å². The Hall–Kier alpha value is -1.11. The average Bonchev–Trinajstić information content (AvgIpc) is 2.72. The number of carbonyl (C=O) groups is 2. The minimum absolute atomic E-state index is 0.0256. The van der Waals surface area contributed by atoms with Crippen molar-refractivity contribution in [3.8, 4) is 0 Å². The van der Waals surface area contributed by atoms with E-state index in [4.69, 9.17) is 0 Å². The van der Waals surface area contributed by atoms with Gasteiger partial charge >= 0.3 is 0 Å². The lowest BCUT2D eigenvalue weighted by molar-refractivity contribution is -0.129. The van der Waals surface area contributed by atoms with Crippen molar-refractivity contribution in [1.82, 2.24) is 10.2 Å². The van der Waals surface area contributed by atoms with Gasteiger partial charge in [0.15, 0.2) is 9.84 Å². The second-order valence-corrected chi connectivity index (χ2v) is 7.86. The van der Waals surface area contributed by atoms with E-state index in [2.05, 4.69) is 12.2 Å². The zero-order valence-corrected chi connectivity index (χ0v) is 13.7. The molecule has 1 unspecified atom stereocenters. The van der Waals surface area contributed by atoms with Crippen LogP contribution in [0.5, 0.6) is 0 Å². The van der Waals surface area contributed by atoms with Crippen LogP contribution in [-0.4, -0.2) is 55.8 Å². The standard InChI is InChI=1S/C14H26N2O4S/c1-3-4-5-8-16(12(2)17)9-6-14(18)15-13-7-10-21(19,20)11-13/h13H,3-11H2,1-2H3,(H,15,18). The summed E-state index contributed by atoms with van der Waals surface area (Å²) in [5.41, 5.74) is 0. The number of hydrogen-bond acceptors (Lipinski definition) is 4. The lowest BCUT2D eigenvalue weighted by Crippen LogP contribution is -2.39. The fourth-order valence-corrected chi connectivity index (χ4v) is 4.10. The SMILES string of the molecule is CCCCCN(CCC(=O)NC1CCS(=O)(=O)C1)C(C)=O. The van der Waals surface area contributed by atoms with E-state index in [0.29, 0.717) is 19.5 Å². The molecule has 21 heavy (non-hydrogen) atoms. The summed E-state index contributed by atoms with van der Waals surface area (Å²) in [6.45, 7) is 4.67. The number of rotatable bonds is 8. The van der Waals surface area contributed by atoms with E-state index in [-0.39, 0.29) is 35.8 Å². The Morgan fingerprint density at radius 1 is 1.24 bits per heavy atom. The van der Waals surface area contributed by atoms with Crippen molar-refractivity contribution in [1.29, 1.82) is 0 Å². The molecule has 1 aliphatic heterocycles. The molecule has 1 saturated heterocycles. The highest BCUT2D eigenvalue weighted by molar-refractivity contribution is 7.91. The van der Waals surface area contributed by atoms with Crippen LogP contribution in [0.1, 0.15) is 46.0 Å². The molecule has 1 aliphatic rings. The summed E-state index contributed by atoms with van der Waals surface area (Å²) >= 11 is 0. The fourth-order valence-electron chi connectivity index (χ4n) is 2.42. The molecule has 0 radical (unpaired) electrons. The number of carbonyl (C=O) groups excluding carboxylic acids is 2. The molecule has 0 aromatic carbocycles. The van der Waals surface area contributed by atoms with Crippen molar-refractivity contribution in [2.24, 2.45) is 0 Å². The first-order valence-corrected chi connectivity index (χ1v) is 9.41. The summed E-state index contributed by atoms with van der Waals surface area (Å²) in [4.78, 5) is 25.0. The van der Waals surface area contributed by atoms with Crippen molar-refractivity contribution in [3.05, 3.63) is 0 Å². The largest absolute Gasteiger partial charge is 0.352 e. The summed E-state index contributed by atoms with van der Waals surface area (Å²) in [7, 11) is -2.98. The zero-order chi connectivity index (χ0) is 15.9. The predicted molar refractivity (Wildman–Crippen MR) is 81.6 cm³/mol. The van der Waals surface area contributed by atoms with Gasteiger partial charge < -0.3 is 10.2 Å². The number of sulfone groups is 1. The highest BCUT2D eigenvalue weighted by Gasteiger charge is 2.28. The topological polar surface area (TPSA) is 83.6 Å². The molecule has 0 bridgehead atoms. The van der Waals surface area contributed by atoms with Gasteiger partial charge in [0.05, 0.1) is 11.5 Å². The highest BCUT2D eigenvalue weighted by Crippen LogP contribution is 2.11. The maximum atomic E-state index is 11.8. The van der Waals surface area contributed by atoms with Gasteiger partial charge in [0.25, 0.3) is 0 Å². The van der Waals surface area contributed by atoms with Crippen LogP contribution in [0.2, 0.25) is 0 Å². The van der Waals surface area contributed by atoms with Crippen LogP contribution >= 0.6 is 0 Å². The third-order valence-corrected chi connectivity index (χ3v) is 5.45. The molecule has 2 amide bonds. The van der Waals surface area contributed by atoms with Gasteiger partial charge in [0.2, 0.25) is 11.8 Å². The Kier molecular flexibility index (Phi) is 7.14. The first kappa shape index (κ1) is 17.9. The van der Waals surface area contributed by atoms with Crippen LogP contribution in [0.15, 0.2) is 0 Å².